The van der Waals surface area contributed by atoms with Crippen molar-refractivity contribution in [2.75, 3.05) is 20.2 Å². The Balaban J connectivity index is 3.69. The predicted octanol–water partition coefficient (Wildman–Crippen LogP) is 1.13. The molecule has 0 N–H and O–H groups in total. The molecule has 0 bridgehead atoms. The summed E-state index contributed by atoms with van der Waals surface area (Å²) in [5, 5.41) is 0. The highest BCUT2D eigenvalue weighted by atomic mass is 19.3. The second kappa shape index (κ2) is 5.85. The average molecular weight is 195 g/mol. The van der Waals surface area contributed by atoms with E-state index < -0.39 is 18.9 Å². The van der Waals surface area contributed by atoms with Gasteiger partial charge in [0.1, 0.15) is 6.61 Å². The van der Waals surface area contributed by atoms with Gasteiger partial charge in [-0.05, 0) is 13.8 Å². The van der Waals surface area contributed by atoms with Crippen LogP contribution in [0.5, 0.6) is 0 Å². The van der Waals surface area contributed by atoms with Crippen molar-refractivity contribution in [1.29, 1.82) is 0 Å². The van der Waals surface area contributed by atoms with Crippen LogP contribution in [0.1, 0.15) is 13.8 Å². The van der Waals surface area contributed by atoms with E-state index in [4.69, 9.17) is 4.74 Å². The molecular formula is C8H15F2NO2. The quantitative estimate of drug-likeness (QED) is 0.658. The van der Waals surface area contributed by atoms with Crippen LogP contribution in [0.3, 0.4) is 0 Å². The molecule has 3 nitrogen and oxygen atoms in total. The van der Waals surface area contributed by atoms with Crippen LogP contribution in [-0.4, -0.2) is 43.5 Å². The van der Waals surface area contributed by atoms with Crippen molar-refractivity contribution in [3.8, 4) is 0 Å². The summed E-state index contributed by atoms with van der Waals surface area (Å²) in [4.78, 5) is 12.0. The number of nitrogens with zero attached hydrogens (tertiary/aromatic N) is 1. The first kappa shape index (κ1) is 12.3. The van der Waals surface area contributed by atoms with E-state index in [0.29, 0.717) is 0 Å². The van der Waals surface area contributed by atoms with Gasteiger partial charge < -0.3 is 9.64 Å². The molecule has 0 heterocycles. The monoisotopic (exact) mass is 195 g/mol. The molecule has 1 amide bonds. The Bertz CT molecular complexity index is 162. The summed E-state index contributed by atoms with van der Waals surface area (Å²) in [5.74, 6) is -0.422. The van der Waals surface area contributed by atoms with Gasteiger partial charge in [-0.1, -0.05) is 0 Å². The van der Waals surface area contributed by atoms with Gasteiger partial charge in [0, 0.05) is 7.05 Å². The third-order valence-electron chi connectivity index (χ3n) is 1.38. The normalized spacial score (nSPS) is 11.0. The predicted molar refractivity (Wildman–Crippen MR) is 44.7 cm³/mol. The maximum absolute atomic E-state index is 11.8. The molecule has 0 saturated carbocycles. The Labute approximate surface area is 76.7 Å². The van der Waals surface area contributed by atoms with E-state index in [2.05, 4.69) is 0 Å². The molecule has 0 radical (unpaired) electrons. The smallest absolute Gasteiger partial charge is 0.255 e. The van der Waals surface area contributed by atoms with Gasteiger partial charge >= 0.3 is 0 Å². The number of ether oxygens (including phenoxy) is 1. The van der Waals surface area contributed by atoms with E-state index >= 15 is 0 Å². The molecule has 0 aromatic carbocycles. The van der Waals surface area contributed by atoms with E-state index in [1.165, 1.54) is 7.05 Å². The lowest BCUT2D eigenvalue weighted by Gasteiger charge is -2.17. The standard InChI is InChI=1S/C8H15F2NO2/c1-6(2)13-5-8(12)11(3)4-7(9)10/h6-7H,4-5H2,1-3H3. The maximum atomic E-state index is 11.8. The third-order valence-corrected chi connectivity index (χ3v) is 1.38. The number of rotatable bonds is 5. The number of carbonyl (C=O) groups excluding carboxylic acids is 1. The van der Waals surface area contributed by atoms with Gasteiger partial charge in [0.2, 0.25) is 5.91 Å². The molecule has 0 unspecified atom stereocenters. The van der Waals surface area contributed by atoms with Crippen LogP contribution in [0.4, 0.5) is 8.78 Å². The van der Waals surface area contributed by atoms with Crippen LogP contribution in [-0.2, 0) is 9.53 Å². The Morgan fingerprint density at radius 2 is 2.00 bits per heavy atom. The topological polar surface area (TPSA) is 29.5 Å². The molecular weight excluding hydrogens is 180 g/mol. The second-order valence-corrected chi connectivity index (χ2v) is 3.03. The highest BCUT2D eigenvalue weighted by Gasteiger charge is 2.13. The molecule has 0 aliphatic rings. The molecule has 0 aromatic heterocycles. The molecule has 0 spiro atoms. The second-order valence-electron chi connectivity index (χ2n) is 3.03. The molecule has 0 fully saturated rings. The van der Waals surface area contributed by atoms with Crippen molar-refractivity contribution in [3.05, 3.63) is 0 Å². The minimum atomic E-state index is -2.49. The van der Waals surface area contributed by atoms with Gasteiger partial charge in [0.15, 0.2) is 0 Å². The number of hydrogen-bond acceptors (Lipinski definition) is 2. The van der Waals surface area contributed by atoms with Crippen LogP contribution in [0.25, 0.3) is 0 Å². The number of halogens is 2. The Morgan fingerprint density at radius 1 is 1.46 bits per heavy atom. The fourth-order valence-electron chi connectivity index (χ4n) is 0.657. The third kappa shape index (κ3) is 6.45. The zero-order chi connectivity index (χ0) is 10.4. The van der Waals surface area contributed by atoms with Crippen LogP contribution in [0.2, 0.25) is 0 Å². The van der Waals surface area contributed by atoms with Gasteiger partial charge in [-0.2, -0.15) is 0 Å². The zero-order valence-electron chi connectivity index (χ0n) is 8.09. The molecule has 0 aliphatic carbocycles. The first-order chi connectivity index (χ1) is 5.93. The van der Waals surface area contributed by atoms with Gasteiger partial charge in [-0.25, -0.2) is 8.78 Å². The van der Waals surface area contributed by atoms with Crippen LogP contribution in [0, 0.1) is 0 Å². The van der Waals surface area contributed by atoms with E-state index in [1.807, 2.05) is 0 Å². The van der Waals surface area contributed by atoms with Gasteiger partial charge in [0.05, 0.1) is 12.6 Å². The molecule has 5 heteroatoms. The molecule has 0 aliphatic heterocycles. The molecule has 13 heavy (non-hydrogen) atoms. The van der Waals surface area contributed by atoms with E-state index in [0.717, 1.165) is 4.90 Å². The van der Waals surface area contributed by atoms with E-state index in [1.54, 1.807) is 13.8 Å². The largest absolute Gasteiger partial charge is 0.369 e. The number of hydrogen-bond donors (Lipinski definition) is 0. The Hall–Kier alpha value is -0.710. The maximum Gasteiger partial charge on any atom is 0.255 e. The highest BCUT2D eigenvalue weighted by Crippen LogP contribution is 1.97. The molecule has 0 rings (SSSR count). The van der Waals surface area contributed by atoms with E-state index in [9.17, 15) is 13.6 Å². The van der Waals surface area contributed by atoms with Crippen LogP contribution >= 0.6 is 0 Å². The van der Waals surface area contributed by atoms with Crippen molar-refractivity contribution >= 4 is 5.91 Å². The summed E-state index contributed by atoms with van der Waals surface area (Å²) < 4.78 is 28.6. The number of amides is 1. The van der Waals surface area contributed by atoms with Gasteiger partial charge in [-0.15, -0.1) is 0 Å². The lowest BCUT2D eigenvalue weighted by molar-refractivity contribution is -0.137. The van der Waals surface area contributed by atoms with Crippen LogP contribution < -0.4 is 0 Å². The summed E-state index contributed by atoms with van der Waals surface area (Å²) in [6, 6.07) is 0. The average Bonchev–Trinajstić information content (AvgIpc) is 1.98. The molecule has 0 aromatic rings. The van der Waals surface area contributed by atoms with Gasteiger partial charge in [0.25, 0.3) is 6.43 Å². The molecule has 78 valence electrons. The molecule has 0 saturated heterocycles. The lowest BCUT2D eigenvalue weighted by atomic mass is 10.4. The summed E-state index contributed by atoms with van der Waals surface area (Å²) in [6.45, 7) is 2.88. The minimum absolute atomic E-state index is 0.0658. The van der Waals surface area contributed by atoms with Crippen molar-refractivity contribution in [3.63, 3.8) is 0 Å². The Kier molecular flexibility index (Phi) is 5.53. The SMILES string of the molecule is CC(C)OCC(=O)N(C)CC(F)F. The van der Waals surface area contributed by atoms with Crippen molar-refractivity contribution in [1.82, 2.24) is 4.90 Å². The van der Waals surface area contributed by atoms with E-state index in [-0.39, 0.29) is 12.7 Å². The lowest BCUT2D eigenvalue weighted by Crippen LogP contribution is -2.34. The summed E-state index contributed by atoms with van der Waals surface area (Å²) in [7, 11) is 1.33. The van der Waals surface area contributed by atoms with Gasteiger partial charge in [-0.3, -0.25) is 4.79 Å². The van der Waals surface area contributed by atoms with Crippen molar-refractivity contribution < 1.29 is 18.3 Å². The zero-order valence-corrected chi connectivity index (χ0v) is 8.09. The first-order valence-corrected chi connectivity index (χ1v) is 4.07. The minimum Gasteiger partial charge on any atom is -0.369 e. The summed E-state index contributed by atoms with van der Waals surface area (Å²) in [6.07, 6.45) is -2.56. The summed E-state index contributed by atoms with van der Waals surface area (Å²) in [5.41, 5.74) is 0. The number of carbonyl (C=O) groups is 1. The van der Waals surface area contributed by atoms with Crippen molar-refractivity contribution in [2.24, 2.45) is 0 Å². The Morgan fingerprint density at radius 3 is 2.38 bits per heavy atom. The van der Waals surface area contributed by atoms with Crippen LogP contribution in [0.15, 0.2) is 0 Å². The van der Waals surface area contributed by atoms with Crippen molar-refractivity contribution in [2.45, 2.75) is 26.4 Å². The highest BCUT2D eigenvalue weighted by molar-refractivity contribution is 5.77. The number of alkyl halides is 2. The number of likely N-dealkylation sites (N-methyl/N-ethyl adjacent to an activating group) is 1. The molecule has 0 atom stereocenters. The first-order valence-electron chi connectivity index (χ1n) is 4.07. The fraction of sp³-hybridized carbons (Fsp3) is 0.875. The fourth-order valence-corrected chi connectivity index (χ4v) is 0.657. The summed E-state index contributed by atoms with van der Waals surface area (Å²) >= 11 is 0.